The van der Waals surface area contributed by atoms with Crippen LogP contribution < -0.4 is 9.47 Å². The van der Waals surface area contributed by atoms with E-state index in [1.807, 2.05) is 0 Å². The van der Waals surface area contributed by atoms with Gasteiger partial charge in [-0.1, -0.05) is 12.1 Å². The molecule has 0 aromatic heterocycles. The highest BCUT2D eigenvalue weighted by molar-refractivity contribution is 5.93. The van der Waals surface area contributed by atoms with Gasteiger partial charge in [-0.25, -0.2) is 17.6 Å². The van der Waals surface area contributed by atoms with Crippen molar-refractivity contribution in [1.29, 1.82) is 0 Å². The van der Waals surface area contributed by atoms with E-state index in [-0.39, 0.29) is 10.8 Å². The predicted octanol–water partition coefficient (Wildman–Crippen LogP) is 3.03. The Kier molecular flexibility index (Phi) is 5.41. The topological polar surface area (TPSA) is 71.4 Å². The highest BCUT2D eigenvalue weighted by Crippen LogP contribution is 2.33. The molecule has 10 heteroatoms. The molecular formula is C18H16F4N2O4. The summed E-state index contributed by atoms with van der Waals surface area (Å²) >= 11 is 0. The molecule has 0 fully saturated rings. The minimum absolute atomic E-state index is 0.0227. The van der Waals surface area contributed by atoms with E-state index in [9.17, 15) is 27.5 Å². The average molecular weight is 400 g/mol. The van der Waals surface area contributed by atoms with E-state index in [0.29, 0.717) is 5.75 Å². The van der Waals surface area contributed by atoms with Crippen LogP contribution in [-0.4, -0.2) is 54.0 Å². The predicted molar refractivity (Wildman–Crippen MR) is 91.9 cm³/mol. The molecule has 1 amide bonds. The van der Waals surface area contributed by atoms with Gasteiger partial charge in [0, 0.05) is 6.42 Å². The zero-order valence-corrected chi connectivity index (χ0v) is 14.6. The fraction of sp³-hybridized carbons (Fsp3) is 0.333. The molecule has 0 radical (unpaired) electrons. The van der Waals surface area contributed by atoms with Crippen molar-refractivity contribution in [1.82, 2.24) is 5.01 Å². The maximum atomic E-state index is 13.2. The van der Waals surface area contributed by atoms with Gasteiger partial charge in [-0.15, -0.1) is 0 Å². The molecule has 0 bridgehead atoms. The fourth-order valence-electron chi connectivity index (χ4n) is 2.78. The number of hydrazone groups is 1. The van der Waals surface area contributed by atoms with E-state index >= 15 is 0 Å². The number of benzene rings is 2. The highest BCUT2D eigenvalue weighted by Gasteiger charge is 2.53. The van der Waals surface area contributed by atoms with Crippen molar-refractivity contribution >= 4 is 22.4 Å². The number of carbonyl (C=O) groups excluding carboxylic acids is 1. The Morgan fingerprint density at radius 2 is 1.79 bits per heavy atom. The van der Waals surface area contributed by atoms with Crippen LogP contribution in [0.2, 0.25) is 0 Å². The summed E-state index contributed by atoms with van der Waals surface area (Å²) in [5.74, 6) is -0.262. The first kappa shape index (κ1) is 19.9. The number of fused-ring (bicyclic) bond motifs is 1. The molecule has 1 atom stereocenters. The third kappa shape index (κ3) is 3.72. The van der Waals surface area contributed by atoms with Gasteiger partial charge < -0.3 is 14.6 Å². The maximum absolute atomic E-state index is 13.2. The van der Waals surface area contributed by atoms with Crippen molar-refractivity contribution in [3.05, 3.63) is 36.4 Å². The van der Waals surface area contributed by atoms with Gasteiger partial charge in [0.05, 0.1) is 7.11 Å². The Morgan fingerprint density at radius 3 is 2.36 bits per heavy atom. The first-order valence-electron chi connectivity index (χ1n) is 8.14. The molecule has 2 aromatic carbocycles. The fourth-order valence-corrected chi connectivity index (χ4v) is 2.78. The molecule has 0 spiro atoms. The Balaban J connectivity index is 1.74. The Labute approximate surface area is 156 Å². The summed E-state index contributed by atoms with van der Waals surface area (Å²) in [6.07, 6.45) is -7.78. The first-order valence-corrected chi connectivity index (χ1v) is 8.14. The van der Waals surface area contributed by atoms with Crippen LogP contribution in [0.4, 0.5) is 17.6 Å². The van der Waals surface area contributed by atoms with Gasteiger partial charge >= 0.3 is 0 Å². The van der Waals surface area contributed by atoms with Gasteiger partial charge in [-0.3, -0.25) is 4.79 Å². The number of ether oxygens (including phenoxy) is 2. The van der Waals surface area contributed by atoms with Gasteiger partial charge in [-0.2, -0.15) is 10.1 Å². The van der Waals surface area contributed by atoms with Crippen molar-refractivity contribution in [2.45, 2.75) is 25.0 Å². The van der Waals surface area contributed by atoms with E-state index in [4.69, 9.17) is 9.47 Å². The molecule has 150 valence electrons. The largest absolute Gasteiger partial charge is 0.497 e. The molecule has 6 nitrogen and oxygen atoms in total. The summed E-state index contributed by atoms with van der Waals surface area (Å²) in [6.45, 7) is -0.767. The minimum atomic E-state index is -3.48. The number of amides is 1. The second-order valence-corrected chi connectivity index (χ2v) is 6.12. The standard InChI is InChI=1S/C18H16F4N2O4/c1-27-12-4-2-11-7-13(5-3-10(11)6-12)28-9-15(25)24-18(26,17(21)22)8-14(23-24)16(19)20/h2-7,16-17,26H,8-9H2,1H3/t18-/m0/s1. The lowest BCUT2D eigenvalue weighted by molar-refractivity contribution is -0.193. The number of hydrogen-bond acceptors (Lipinski definition) is 5. The van der Waals surface area contributed by atoms with Gasteiger partial charge in [0.25, 0.3) is 18.8 Å². The smallest absolute Gasteiger partial charge is 0.287 e. The normalized spacial score (nSPS) is 19.4. The van der Waals surface area contributed by atoms with E-state index in [0.717, 1.165) is 10.8 Å². The van der Waals surface area contributed by atoms with Crippen LogP contribution in [0, 0.1) is 0 Å². The number of methoxy groups -OCH3 is 1. The van der Waals surface area contributed by atoms with Crippen molar-refractivity contribution in [2.75, 3.05) is 13.7 Å². The summed E-state index contributed by atoms with van der Waals surface area (Å²) in [4.78, 5) is 12.2. The summed E-state index contributed by atoms with van der Waals surface area (Å²) in [7, 11) is 1.53. The van der Waals surface area contributed by atoms with Gasteiger partial charge in [-0.05, 0) is 35.0 Å². The average Bonchev–Trinajstić information content (AvgIpc) is 3.05. The van der Waals surface area contributed by atoms with Crippen molar-refractivity contribution in [3.63, 3.8) is 0 Å². The Morgan fingerprint density at radius 1 is 1.18 bits per heavy atom. The van der Waals surface area contributed by atoms with Gasteiger partial charge in [0.15, 0.2) is 6.61 Å². The molecule has 0 aliphatic carbocycles. The number of rotatable bonds is 6. The summed E-state index contributed by atoms with van der Waals surface area (Å²) < 4.78 is 62.3. The third-order valence-electron chi connectivity index (χ3n) is 4.26. The summed E-state index contributed by atoms with van der Waals surface area (Å²) in [6, 6.07) is 10.1. The minimum Gasteiger partial charge on any atom is -0.497 e. The molecule has 1 aliphatic heterocycles. The molecule has 1 aliphatic rings. The number of carbonyl (C=O) groups is 1. The van der Waals surface area contributed by atoms with E-state index in [2.05, 4.69) is 5.10 Å². The molecule has 1 N–H and O–H groups in total. The molecule has 3 rings (SSSR count). The molecule has 1 heterocycles. The summed E-state index contributed by atoms with van der Waals surface area (Å²) in [5, 5.41) is 14.7. The van der Waals surface area contributed by atoms with Crippen LogP contribution in [0.25, 0.3) is 10.8 Å². The van der Waals surface area contributed by atoms with E-state index in [1.54, 1.807) is 36.4 Å². The van der Waals surface area contributed by atoms with Gasteiger partial charge in [0.1, 0.15) is 17.2 Å². The lowest BCUT2D eigenvalue weighted by Crippen LogP contribution is -2.52. The van der Waals surface area contributed by atoms with Crippen LogP contribution in [0.3, 0.4) is 0 Å². The van der Waals surface area contributed by atoms with Crippen LogP contribution in [0.15, 0.2) is 41.5 Å². The van der Waals surface area contributed by atoms with E-state index < -0.39 is 43.2 Å². The van der Waals surface area contributed by atoms with Crippen LogP contribution >= 0.6 is 0 Å². The van der Waals surface area contributed by atoms with Crippen molar-refractivity contribution in [3.8, 4) is 11.5 Å². The highest BCUT2D eigenvalue weighted by atomic mass is 19.3. The number of aliphatic hydroxyl groups is 1. The zero-order valence-electron chi connectivity index (χ0n) is 14.6. The molecular weight excluding hydrogens is 384 g/mol. The second kappa shape index (κ2) is 7.63. The zero-order chi connectivity index (χ0) is 20.5. The Bertz CT molecular complexity index is 922. The lowest BCUT2D eigenvalue weighted by Gasteiger charge is -2.29. The van der Waals surface area contributed by atoms with Crippen molar-refractivity contribution in [2.24, 2.45) is 5.10 Å². The second-order valence-electron chi connectivity index (χ2n) is 6.12. The molecule has 2 aromatic rings. The Hall–Kier alpha value is -2.88. The maximum Gasteiger partial charge on any atom is 0.287 e. The van der Waals surface area contributed by atoms with Crippen LogP contribution in [0.1, 0.15) is 6.42 Å². The van der Waals surface area contributed by atoms with E-state index in [1.165, 1.54) is 7.11 Å². The number of hydrogen-bond donors (Lipinski definition) is 1. The number of nitrogens with zero attached hydrogens (tertiary/aromatic N) is 2. The lowest BCUT2D eigenvalue weighted by atomic mass is 10.1. The summed E-state index contributed by atoms with van der Waals surface area (Å²) in [5.41, 5.74) is -4.11. The first-order chi connectivity index (χ1) is 13.2. The molecule has 28 heavy (non-hydrogen) atoms. The number of halogens is 4. The van der Waals surface area contributed by atoms with Crippen LogP contribution in [-0.2, 0) is 4.79 Å². The monoisotopic (exact) mass is 400 g/mol. The molecule has 0 unspecified atom stereocenters. The van der Waals surface area contributed by atoms with Crippen LogP contribution in [0.5, 0.6) is 11.5 Å². The molecule has 0 saturated heterocycles. The van der Waals surface area contributed by atoms with Crippen molar-refractivity contribution < 1.29 is 36.9 Å². The quantitative estimate of drug-likeness (QED) is 0.757. The molecule has 0 saturated carbocycles. The SMILES string of the molecule is COc1ccc2cc(OCC(=O)N3N=C(C(F)F)C[C@]3(O)C(F)F)ccc2c1. The van der Waals surface area contributed by atoms with Gasteiger partial charge in [0.2, 0.25) is 5.72 Å². The number of alkyl halides is 4. The third-order valence-corrected chi connectivity index (χ3v) is 4.26.